The fraction of sp³-hybridized carbons (Fsp3) is 0.471. The average molecular weight is 356 g/mol. The zero-order chi connectivity index (χ0) is 19.0. The van der Waals surface area contributed by atoms with Crippen LogP contribution in [0.25, 0.3) is 0 Å². The molecular weight excluding hydrogens is 334 g/mol. The van der Waals surface area contributed by atoms with Crippen molar-refractivity contribution in [2.24, 2.45) is 5.92 Å². The minimum absolute atomic E-state index is 0.0202. The van der Waals surface area contributed by atoms with E-state index in [1.165, 1.54) is 0 Å². The Kier molecular flexibility index (Phi) is 7.97. The highest BCUT2D eigenvalue weighted by Crippen LogP contribution is 2.10. The van der Waals surface area contributed by atoms with Gasteiger partial charge in [0.15, 0.2) is 0 Å². The van der Waals surface area contributed by atoms with E-state index in [1.807, 2.05) is 6.92 Å². The molecule has 1 aromatic rings. The van der Waals surface area contributed by atoms with Crippen molar-refractivity contribution in [3.63, 3.8) is 0 Å². The molecule has 0 bridgehead atoms. The number of hydrogen-bond donors (Lipinski definition) is 3. The molecule has 1 aromatic carbocycles. The first-order valence-corrected chi connectivity index (χ1v) is 8.01. The first-order valence-electron chi connectivity index (χ1n) is 8.01. The molecule has 3 N–H and O–H groups in total. The van der Waals surface area contributed by atoms with E-state index in [9.17, 15) is 23.2 Å². The number of amides is 2. The van der Waals surface area contributed by atoms with Gasteiger partial charge in [-0.25, -0.2) is 13.6 Å². The number of benzene rings is 1. The van der Waals surface area contributed by atoms with E-state index < -0.39 is 35.5 Å². The van der Waals surface area contributed by atoms with Gasteiger partial charge in [0.2, 0.25) is 5.91 Å². The molecule has 0 spiro atoms. The number of carboxylic acid groups (broad SMARTS) is 1. The molecule has 0 aliphatic rings. The average Bonchev–Trinajstić information content (AvgIpc) is 2.55. The van der Waals surface area contributed by atoms with Crippen LogP contribution in [0.1, 0.15) is 43.5 Å². The summed E-state index contributed by atoms with van der Waals surface area (Å²) in [6.45, 7) is 3.66. The van der Waals surface area contributed by atoms with Gasteiger partial charge in [0, 0.05) is 19.0 Å². The van der Waals surface area contributed by atoms with Gasteiger partial charge in [-0.2, -0.15) is 0 Å². The molecule has 25 heavy (non-hydrogen) atoms. The zero-order valence-electron chi connectivity index (χ0n) is 14.1. The molecule has 1 rings (SSSR count). The Hall–Kier alpha value is -2.51. The van der Waals surface area contributed by atoms with Gasteiger partial charge in [-0.3, -0.25) is 9.59 Å². The van der Waals surface area contributed by atoms with Crippen molar-refractivity contribution >= 4 is 17.8 Å². The lowest BCUT2D eigenvalue weighted by atomic mass is 9.99. The first kappa shape index (κ1) is 20.5. The van der Waals surface area contributed by atoms with Gasteiger partial charge in [0.05, 0.1) is 5.56 Å². The van der Waals surface area contributed by atoms with Crippen LogP contribution >= 0.6 is 0 Å². The quantitative estimate of drug-likeness (QED) is 0.591. The van der Waals surface area contributed by atoms with Crippen molar-refractivity contribution in [3.05, 3.63) is 35.4 Å². The van der Waals surface area contributed by atoms with Crippen molar-refractivity contribution in [2.75, 3.05) is 6.54 Å². The summed E-state index contributed by atoms with van der Waals surface area (Å²) in [7, 11) is 0. The highest BCUT2D eigenvalue weighted by molar-refractivity contribution is 5.94. The Labute approximate surface area is 144 Å². The van der Waals surface area contributed by atoms with Crippen LogP contribution in [0.15, 0.2) is 18.2 Å². The Bertz CT molecular complexity index is 637. The van der Waals surface area contributed by atoms with Crippen molar-refractivity contribution in [1.29, 1.82) is 0 Å². The number of carbonyl (C=O) groups excluding carboxylic acids is 2. The SMILES string of the molecule is CC[C@H](C)[C@H](NC(=O)CCCNC(=O)c1ccc(F)cc1F)C(=O)O. The molecule has 0 aromatic heterocycles. The van der Waals surface area contributed by atoms with Crippen LogP contribution in [0.3, 0.4) is 0 Å². The Morgan fingerprint density at radius 3 is 2.48 bits per heavy atom. The van der Waals surface area contributed by atoms with E-state index in [1.54, 1.807) is 6.92 Å². The largest absolute Gasteiger partial charge is 0.480 e. The van der Waals surface area contributed by atoms with Crippen molar-refractivity contribution in [3.8, 4) is 0 Å². The lowest BCUT2D eigenvalue weighted by Crippen LogP contribution is -2.45. The summed E-state index contributed by atoms with van der Waals surface area (Å²) >= 11 is 0. The van der Waals surface area contributed by atoms with E-state index in [0.29, 0.717) is 12.5 Å². The van der Waals surface area contributed by atoms with Gasteiger partial charge in [-0.05, 0) is 24.5 Å². The number of halogens is 2. The number of aliphatic carboxylic acids is 1. The topological polar surface area (TPSA) is 95.5 Å². The Balaban J connectivity index is 2.40. The monoisotopic (exact) mass is 356 g/mol. The van der Waals surface area contributed by atoms with E-state index in [0.717, 1.165) is 12.1 Å². The second kappa shape index (κ2) is 9.71. The van der Waals surface area contributed by atoms with Gasteiger partial charge in [0.25, 0.3) is 5.91 Å². The van der Waals surface area contributed by atoms with Crippen LogP contribution < -0.4 is 10.6 Å². The second-order valence-electron chi connectivity index (χ2n) is 5.75. The number of carboxylic acids is 1. The molecule has 2 atom stereocenters. The Morgan fingerprint density at radius 2 is 1.92 bits per heavy atom. The molecule has 0 saturated carbocycles. The third-order valence-electron chi connectivity index (χ3n) is 3.84. The zero-order valence-corrected chi connectivity index (χ0v) is 14.1. The summed E-state index contributed by atoms with van der Waals surface area (Å²) in [6.07, 6.45) is 0.885. The van der Waals surface area contributed by atoms with Crippen molar-refractivity contribution in [2.45, 2.75) is 39.2 Å². The third-order valence-corrected chi connectivity index (χ3v) is 3.84. The van der Waals surface area contributed by atoms with Crippen LogP contribution in [0.4, 0.5) is 8.78 Å². The molecule has 0 saturated heterocycles. The molecule has 0 unspecified atom stereocenters. The summed E-state index contributed by atoms with van der Waals surface area (Å²) in [5, 5.41) is 14.0. The molecular formula is C17H22F2N2O4. The van der Waals surface area contributed by atoms with Crippen LogP contribution in [0.2, 0.25) is 0 Å². The molecule has 138 valence electrons. The highest BCUT2D eigenvalue weighted by Gasteiger charge is 2.24. The summed E-state index contributed by atoms with van der Waals surface area (Å²) in [5.74, 6) is -4.19. The van der Waals surface area contributed by atoms with Gasteiger partial charge >= 0.3 is 5.97 Å². The van der Waals surface area contributed by atoms with Crippen LogP contribution in [0.5, 0.6) is 0 Å². The second-order valence-corrected chi connectivity index (χ2v) is 5.75. The van der Waals surface area contributed by atoms with E-state index >= 15 is 0 Å². The molecule has 0 aliphatic carbocycles. The molecule has 2 amide bonds. The molecule has 0 radical (unpaired) electrons. The van der Waals surface area contributed by atoms with Gasteiger partial charge < -0.3 is 15.7 Å². The van der Waals surface area contributed by atoms with E-state index in [-0.39, 0.29) is 30.9 Å². The predicted octanol–water partition coefficient (Wildman–Crippen LogP) is 2.09. The highest BCUT2D eigenvalue weighted by atomic mass is 19.1. The van der Waals surface area contributed by atoms with Gasteiger partial charge in [0.1, 0.15) is 17.7 Å². The summed E-state index contributed by atoms with van der Waals surface area (Å²) in [6, 6.07) is 1.67. The maximum absolute atomic E-state index is 13.4. The van der Waals surface area contributed by atoms with Crippen LogP contribution in [-0.4, -0.2) is 35.5 Å². The fourth-order valence-corrected chi connectivity index (χ4v) is 2.15. The maximum Gasteiger partial charge on any atom is 0.326 e. The lowest BCUT2D eigenvalue weighted by Gasteiger charge is -2.20. The lowest BCUT2D eigenvalue weighted by molar-refractivity contribution is -0.143. The normalized spacial score (nSPS) is 13.0. The molecule has 0 heterocycles. The molecule has 0 aliphatic heterocycles. The first-order chi connectivity index (χ1) is 11.8. The van der Waals surface area contributed by atoms with Gasteiger partial charge in [-0.15, -0.1) is 0 Å². The number of rotatable bonds is 9. The third kappa shape index (κ3) is 6.48. The smallest absolute Gasteiger partial charge is 0.326 e. The summed E-state index contributed by atoms with van der Waals surface area (Å²) in [5.41, 5.74) is -0.284. The predicted molar refractivity (Wildman–Crippen MR) is 86.9 cm³/mol. The van der Waals surface area contributed by atoms with Crippen molar-refractivity contribution < 1.29 is 28.3 Å². The number of carbonyl (C=O) groups is 3. The Morgan fingerprint density at radius 1 is 1.24 bits per heavy atom. The van der Waals surface area contributed by atoms with Gasteiger partial charge in [-0.1, -0.05) is 20.3 Å². The minimum Gasteiger partial charge on any atom is -0.480 e. The number of nitrogens with one attached hydrogen (secondary N) is 2. The van der Waals surface area contributed by atoms with Crippen LogP contribution in [0, 0.1) is 17.6 Å². The summed E-state index contributed by atoms with van der Waals surface area (Å²) < 4.78 is 26.2. The fourth-order valence-electron chi connectivity index (χ4n) is 2.15. The number of hydrogen-bond acceptors (Lipinski definition) is 3. The van der Waals surface area contributed by atoms with E-state index in [4.69, 9.17) is 5.11 Å². The molecule has 0 fully saturated rings. The van der Waals surface area contributed by atoms with E-state index in [2.05, 4.69) is 10.6 Å². The minimum atomic E-state index is -1.09. The molecule has 6 nitrogen and oxygen atoms in total. The maximum atomic E-state index is 13.4. The summed E-state index contributed by atoms with van der Waals surface area (Å²) in [4.78, 5) is 34.7. The van der Waals surface area contributed by atoms with Crippen molar-refractivity contribution in [1.82, 2.24) is 10.6 Å². The van der Waals surface area contributed by atoms with Crippen LogP contribution in [-0.2, 0) is 9.59 Å². The molecule has 8 heteroatoms. The standard InChI is InChI=1S/C17H22F2N2O4/c1-3-10(2)15(17(24)25)21-14(22)5-4-8-20-16(23)12-7-6-11(18)9-13(12)19/h6-7,9-10,15H,3-5,8H2,1-2H3,(H,20,23)(H,21,22)(H,24,25)/t10-,15-/m0/s1.